The molecule has 0 aromatic carbocycles. The Labute approximate surface area is 46.4 Å². The van der Waals surface area contributed by atoms with Gasteiger partial charge in [0.15, 0.2) is 0 Å². The monoisotopic (exact) mass is 120 g/mol. The van der Waals surface area contributed by atoms with Crippen LogP contribution in [0.3, 0.4) is 0 Å². The van der Waals surface area contributed by atoms with Gasteiger partial charge in [0, 0.05) is 0 Å². The summed E-state index contributed by atoms with van der Waals surface area (Å²) < 4.78 is 0. The first-order valence-corrected chi connectivity index (χ1v) is 2.12. The lowest BCUT2D eigenvalue weighted by Gasteiger charge is -1.72. The summed E-state index contributed by atoms with van der Waals surface area (Å²) in [5.74, 6) is 0. The van der Waals surface area contributed by atoms with Gasteiger partial charge in [-0.3, -0.25) is 4.79 Å². The number of hydrogen-bond acceptors (Lipinski definition) is 2. The van der Waals surface area contributed by atoms with Crippen molar-refractivity contribution >= 4 is 16.8 Å². The van der Waals surface area contributed by atoms with Crippen molar-refractivity contribution in [1.82, 2.24) is 0 Å². The molecule has 0 atom stereocenters. The van der Waals surface area contributed by atoms with E-state index >= 15 is 0 Å². The van der Waals surface area contributed by atoms with E-state index in [1.54, 1.807) is 0 Å². The van der Waals surface area contributed by atoms with Gasteiger partial charge >= 0.3 is 0 Å². The number of allylic oxidation sites excluding steroid dienone is 1. The van der Waals surface area contributed by atoms with Crippen molar-refractivity contribution in [2.75, 3.05) is 6.61 Å². The third-order valence-corrected chi connectivity index (χ3v) is 0.480. The predicted molar refractivity (Wildman–Crippen MR) is 27.1 cm³/mol. The summed E-state index contributed by atoms with van der Waals surface area (Å²) in [6.07, 6.45) is 2.37. The van der Waals surface area contributed by atoms with E-state index in [-0.39, 0.29) is 6.61 Å². The summed E-state index contributed by atoms with van der Waals surface area (Å²) in [5.41, 5.74) is 0. The van der Waals surface area contributed by atoms with E-state index in [9.17, 15) is 4.79 Å². The first-order chi connectivity index (χ1) is 3.27. The van der Waals surface area contributed by atoms with Crippen LogP contribution in [0.5, 0.6) is 0 Å². The van der Waals surface area contributed by atoms with E-state index in [2.05, 4.69) is 0 Å². The average Bonchev–Trinajstić information content (AvgIpc) is 1.61. The second-order valence-electron chi connectivity index (χ2n) is 0.889. The molecule has 0 bridgehead atoms. The summed E-state index contributed by atoms with van der Waals surface area (Å²) >= 11 is 4.82. The summed E-state index contributed by atoms with van der Waals surface area (Å²) in [4.78, 5) is 9.77. The van der Waals surface area contributed by atoms with Gasteiger partial charge in [-0.25, -0.2) is 0 Å². The van der Waals surface area contributed by atoms with Crippen LogP contribution in [0.4, 0.5) is 0 Å². The fraction of sp³-hybridized carbons (Fsp3) is 0.250. The third-order valence-electron chi connectivity index (χ3n) is 0.354. The number of hydrogen-bond donors (Lipinski definition) is 1. The zero-order chi connectivity index (χ0) is 5.70. The smallest absolute Gasteiger partial charge is 0.244 e. The molecule has 0 rings (SSSR count). The molecule has 0 radical (unpaired) electrons. The zero-order valence-electron chi connectivity index (χ0n) is 3.60. The molecule has 0 spiro atoms. The molecule has 0 heterocycles. The number of aliphatic hydroxyl groups is 1. The summed E-state index contributed by atoms with van der Waals surface area (Å²) in [5, 5.41) is 7.46. The van der Waals surface area contributed by atoms with Gasteiger partial charge < -0.3 is 5.11 Å². The molecule has 0 fully saturated rings. The Bertz CT molecular complexity index is 87.7. The Morgan fingerprint density at radius 2 is 2.43 bits per heavy atom. The minimum Gasteiger partial charge on any atom is -0.392 e. The number of rotatable bonds is 2. The van der Waals surface area contributed by atoms with Crippen LogP contribution in [0.2, 0.25) is 0 Å². The number of halogens is 1. The van der Waals surface area contributed by atoms with Crippen molar-refractivity contribution in [3.05, 3.63) is 12.2 Å². The van der Waals surface area contributed by atoms with E-state index in [0.717, 1.165) is 6.08 Å². The maximum Gasteiger partial charge on any atom is 0.244 e. The molecular formula is C4H5ClO2. The number of carbonyl (C=O) groups excluding carboxylic acids is 1. The molecule has 3 heteroatoms. The largest absolute Gasteiger partial charge is 0.392 e. The van der Waals surface area contributed by atoms with Crippen LogP contribution in [0.1, 0.15) is 0 Å². The molecule has 0 unspecified atom stereocenters. The van der Waals surface area contributed by atoms with Crippen LogP contribution >= 0.6 is 11.6 Å². The first kappa shape index (κ1) is 6.66. The molecule has 0 amide bonds. The van der Waals surface area contributed by atoms with Gasteiger partial charge in [-0.1, -0.05) is 6.08 Å². The van der Waals surface area contributed by atoms with Crippen LogP contribution in [-0.4, -0.2) is 17.0 Å². The second-order valence-corrected chi connectivity index (χ2v) is 1.26. The second kappa shape index (κ2) is 3.84. The van der Waals surface area contributed by atoms with Crippen LogP contribution in [0.25, 0.3) is 0 Å². The Morgan fingerprint density at radius 1 is 1.86 bits per heavy atom. The molecule has 0 aromatic heterocycles. The molecular weight excluding hydrogens is 115 g/mol. The maximum atomic E-state index is 9.77. The van der Waals surface area contributed by atoms with E-state index in [4.69, 9.17) is 16.7 Å². The van der Waals surface area contributed by atoms with Crippen LogP contribution in [0, 0.1) is 0 Å². The fourth-order valence-electron chi connectivity index (χ4n) is 0.145. The molecule has 0 aliphatic carbocycles. The minimum absolute atomic E-state index is 0.140. The van der Waals surface area contributed by atoms with Crippen molar-refractivity contribution in [3.8, 4) is 0 Å². The number of aliphatic hydroxyl groups excluding tert-OH is 1. The van der Waals surface area contributed by atoms with Gasteiger partial charge in [-0.2, -0.15) is 0 Å². The van der Waals surface area contributed by atoms with Gasteiger partial charge in [0.2, 0.25) is 5.24 Å². The van der Waals surface area contributed by atoms with Crippen molar-refractivity contribution in [2.24, 2.45) is 0 Å². The quantitative estimate of drug-likeness (QED) is 0.421. The normalized spacial score (nSPS) is 10.0. The summed E-state index contributed by atoms with van der Waals surface area (Å²) in [6.45, 7) is -0.140. The van der Waals surface area contributed by atoms with Crippen LogP contribution < -0.4 is 0 Å². The average molecular weight is 121 g/mol. The SMILES string of the molecule is O=C(Cl)/C=C/CO. The first-order valence-electron chi connectivity index (χ1n) is 1.74. The van der Waals surface area contributed by atoms with Gasteiger partial charge in [0.05, 0.1) is 6.61 Å². The van der Waals surface area contributed by atoms with Gasteiger partial charge in [0.25, 0.3) is 0 Å². The lowest BCUT2D eigenvalue weighted by molar-refractivity contribution is -0.107. The Morgan fingerprint density at radius 3 is 2.57 bits per heavy atom. The lowest BCUT2D eigenvalue weighted by atomic mass is 10.5. The Kier molecular flexibility index (Phi) is 3.65. The van der Waals surface area contributed by atoms with E-state index < -0.39 is 5.24 Å². The third kappa shape index (κ3) is 5.66. The fourth-order valence-corrected chi connectivity index (χ4v) is 0.234. The number of carbonyl (C=O) groups is 1. The van der Waals surface area contributed by atoms with E-state index in [1.807, 2.05) is 0 Å². The molecule has 0 aromatic rings. The summed E-state index contributed by atoms with van der Waals surface area (Å²) in [7, 11) is 0. The minimum atomic E-state index is -0.561. The molecule has 0 saturated carbocycles. The van der Waals surface area contributed by atoms with Gasteiger partial charge in [-0.05, 0) is 17.7 Å². The Hall–Kier alpha value is -0.340. The van der Waals surface area contributed by atoms with E-state index in [0.29, 0.717) is 0 Å². The van der Waals surface area contributed by atoms with Crippen LogP contribution in [-0.2, 0) is 4.79 Å². The summed E-state index contributed by atoms with van der Waals surface area (Å²) in [6, 6.07) is 0. The zero-order valence-corrected chi connectivity index (χ0v) is 4.35. The highest BCUT2D eigenvalue weighted by Gasteiger charge is 1.79. The Balaban J connectivity index is 3.26. The molecule has 7 heavy (non-hydrogen) atoms. The molecule has 1 N–H and O–H groups in total. The van der Waals surface area contributed by atoms with Crippen LogP contribution in [0.15, 0.2) is 12.2 Å². The lowest BCUT2D eigenvalue weighted by Crippen LogP contribution is -1.77. The predicted octanol–water partition coefficient (Wildman–Crippen LogP) is 0.300. The van der Waals surface area contributed by atoms with Crippen molar-refractivity contribution < 1.29 is 9.90 Å². The molecule has 0 saturated heterocycles. The van der Waals surface area contributed by atoms with Crippen molar-refractivity contribution in [2.45, 2.75) is 0 Å². The highest BCUT2D eigenvalue weighted by molar-refractivity contribution is 6.66. The van der Waals surface area contributed by atoms with Gasteiger partial charge in [0.1, 0.15) is 0 Å². The standard InChI is InChI=1S/C4H5ClO2/c5-4(7)2-1-3-6/h1-2,6H,3H2/b2-1+. The van der Waals surface area contributed by atoms with Crippen molar-refractivity contribution in [1.29, 1.82) is 0 Å². The highest BCUT2D eigenvalue weighted by atomic mass is 35.5. The molecule has 40 valence electrons. The topological polar surface area (TPSA) is 37.3 Å². The molecule has 2 nitrogen and oxygen atoms in total. The maximum absolute atomic E-state index is 9.77. The molecule has 0 aliphatic rings. The highest BCUT2D eigenvalue weighted by Crippen LogP contribution is 1.79. The van der Waals surface area contributed by atoms with E-state index in [1.165, 1.54) is 6.08 Å². The van der Waals surface area contributed by atoms with Gasteiger partial charge in [-0.15, -0.1) is 0 Å². The molecule has 0 aliphatic heterocycles. The van der Waals surface area contributed by atoms with Crippen molar-refractivity contribution in [3.63, 3.8) is 0 Å².